The Kier molecular flexibility index (Phi) is 3.43. The first-order valence-electron chi connectivity index (χ1n) is 8.51. The van der Waals surface area contributed by atoms with Gasteiger partial charge in [0.05, 0.1) is 7.11 Å². The Morgan fingerprint density at radius 3 is 2.30 bits per heavy atom. The van der Waals surface area contributed by atoms with Gasteiger partial charge in [-0.1, -0.05) is 20.8 Å². The number of rotatable bonds is 2. The normalized spacial score (nSPS) is 47.0. The van der Waals surface area contributed by atoms with Crippen molar-refractivity contribution in [3.05, 3.63) is 0 Å². The molecule has 3 aliphatic rings. The zero-order chi connectivity index (χ0) is 17.3. The summed E-state index contributed by atoms with van der Waals surface area (Å²) < 4.78 is 16.8. The molecule has 0 amide bonds. The Labute approximate surface area is 138 Å². The van der Waals surface area contributed by atoms with Crippen LogP contribution in [0, 0.1) is 16.7 Å². The first-order valence-corrected chi connectivity index (χ1v) is 8.51. The van der Waals surface area contributed by atoms with E-state index in [2.05, 4.69) is 20.8 Å². The molecule has 1 saturated heterocycles. The smallest absolute Gasteiger partial charge is 0.341 e. The third-order valence-corrected chi connectivity index (χ3v) is 7.00. The van der Waals surface area contributed by atoms with Crippen molar-refractivity contribution in [3.63, 3.8) is 0 Å². The molecular formula is C18H28O5. The number of carbonyl (C=O) groups excluding carboxylic acids is 2. The summed E-state index contributed by atoms with van der Waals surface area (Å²) in [6, 6.07) is 0. The summed E-state index contributed by atoms with van der Waals surface area (Å²) in [5, 5.41) is 0. The SMILES string of the molecule is COC(=O)[C@@]12O[C@]1(C)CC[C@H]1C(C)(C)[C@@H](OC(C)=O)CC[C@@]12C. The molecule has 5 atom stereocenters. The lowest BCUT2D eigenvalue weighted by molar-refractivity contribution is -0.185. The predicted molar refractivity (Wildman–Crippen MR) is 83.6 cm³/mol. The minimum atomic E-state index is -0.851. The van der Waals surface area contributed by atoms with E-state index in [1.165, 1.54) is 14.0 Å². The Hall–Kier alpha value is -1.10. The van der Waals surface area contributed by atoms with Crippen LogP contribution in [-0.4, -0.2) is 36.4 Å². The zero-order valence-corrected chi connectivity index (χ0v) is 15.0. The second-order valence-electron chi connectivity index (χ2n) is 8.47. The first kappa shape index (κ1) is 16.7. The summed E-state index contributed by atoms with van der Waals surface area (Å²) >= 11 is 0. The van der Waals surface area contributed by atoms with Gasteiger partial charge in [-0.05, 0) is 38.5 Å². The molecule has 3 fully saturated rings. The van der Waals surface area contributed by atoms with Crippen molar-refractivity contribution in [1.29, 1.82) is 0 Å². The quantitative estimate of drug-likeness (QED) is 0.577. The van der Waals surface area contributed by atoms with Gasteiger partial charge in [-0.25, -0.2) is 4.79 Å². The molecule has 0 N–H and O–H groups in total. The number of hydrogen-bond acceptors (Lipinski definition) is 5. The fourth-order valence-corrected chi connectivity index (χ4v) is 5.86. The fourth-order valence-electron chi connectivity index (χ4n) is 5.86. The molecule has 1 heterocycles. The van der Waals surface area contributed by atoms with E-state index >= 15 is 0 Å². The minimum Gasteiger partial charge on any atom is -0.467 e. The van der Waals surface area contributed by atoms with E-state index in [0.29, 0.717) is 0 Å². The molecule has 2 saturated carbocycles. The molecule has 0 bridgehead atoms. The highest BCUT2D eigenvalue weighted by Gasteiger charge is 2.84. The highest BCUT2D eigenvalue weighted by Crippen LogP contribution is 2.73. The maximum absolute atomic E-state index is 12.6. The molecule has 0 aromatic rings. The number of carbonyl (C=O) groups is 2. The van der Waals surface area contributed by atoms with E-state index in [9.17, 15) is 9.59 Å². The van der Waals surface area contributed by atoms with Crippen molar-refractivity contribution < 1.29 is 23.8 Å². The second kappa shape index (κ2) is 4.71. The lowest BCUT2D eigenvalue weighted by atomic mass is 9.46. The monoisotopic (exact) mass is 324 g/mol. The summed E-state index contributed by atoms with van der Waals surface area (Å²) in [6.07, 6.45) is 3.23. The van der Waals surface area contributed by atoms with E-state index in [1.54, 1.807) is 0 Å². The van der Waals surface area contributed by atoms with Crippen LogP contribution in [0.5, 0.6) is 0 Å². The number of esters is 2. The Morgan fingerprint density at radius 1 is 1.09 bits per heavy atom. The number of ether oxygens (including phenoxy) is 3. The third-order valence-electron chi connectivity index (χ3n) is 7.00. The maximum Gasteiger partial charge on any atom is 0.341 e. The lowest BCUT2D eigenvalue weighted by Gasteiger charge is -2.57. The molecule has 5 heteroatoms. The topological polar surface area (TPSA) is 65.1 Å². The molecule has 3 rings (SSSR count). The van der Waals surface area contributed by atoms with Gasteiger partial charge in [0.2, 0.25) is 0 Å². The highest BCUT2D eigenvalue weighted by molar-refractivity contribution is 5.86. The second-order valence-corrected chi connectivity index (χ2v) is 8.47. The molecule has 1 aliphatic heterocycles. The van der Waals surface area contributed by atoms with Crippen LogP contribution >= 0.6 is 0 Å². The highest BCUT2D eigenvalue weighted by atomic mass is 16.7. The van der Waals surface area contributed by atoms with Crippen molar-refractivity contribution >= 4 is 11.9 Å². The maximum atomic E-state index is 12.6. The molecule has 23 heavy (non-hydrogen) atoms. The number of epoxide rings is 1. The number of fused-ring (bicyclic) bond motifs is 3. The van der Waals surface area contributed by atoms with Crippen LogP contribution < -0.4 is 0 Å². The average Bonchev–Trinajstić information content (AvgIpc) is 3.10. The van der Waals surface area contributed by atoms with E-state index in [0.717, 1.165) is 25.7 Å². The summed E-state index contributed by atoms with van der Waals surface area (Å²) in [7, 11) is 1.43. The van der Waals surface area contributed by atoms with Crippen LogP contribution in [0.15, 0.2) is 0 Å². The molecule has 0 spiro atoms. The Morgan fingerprint density at radius 2 is 1.74 bits per heavy atom. The van der Waals surface area contributed by atoms with Gasteiger partial charge in [0.1, 0.15) is 11.7 Å². The van der Waals surface area contributed by atoms with Gasteiger partial charge in [0, 0.05) is 17.8 Å². The molecule has 0 aromatic carbocycles. The Balaban J connectivity index is 2.00. The third kappa shape index (κ3) is 1.89. The van der Waals surface area contributed by atoms with Gasteiger partial charge < -0.3 is 14.2 Å². The van der Waals surface area contributed by atoms with Gasteiger partial charge in [-0.15, -0.1) is 0 Å². The minimum absolute atomic E-state index is 0.115. The van der Waals surface area contributed by atoms with Gasteiger partial charge in [-0.3, -0.25) is 4.79 Å². The molecule has 2 aliphatic carbocycles. The van der Waals surface area contributed by atoms with Crippen LogP contribution in [-0.2, 0) is 23.8 Å². The summed E-state index contributed by atoms with van der Waals surface area (Å²) in [6.45, 7) is 9.94. The van der Waals surface area contributed by atoms with Crippen molar-refractivity contribution in [1.82, 2.24) is 0 Å². The predicted octanol–water partition coefficient (Wildman–Crippen LogP) is 2.86. The van der Waals surface area contributed by atoms with Crippen LogP contribution in [0.4, 0.5) is 0 Å². The van der Waals surface area contributed by atoms with Crippen molar-refractivity contribution in [3.8, 4) is 0 Å². The van der Waals surface area contributed by atoms with E-state index < -0.39 is 11.2 Å². The molecule has 0 aromatic heterocycles. The molecule has 0 unspecified atom stereocenters. The van der Waals surface area contributed by atoms with E-state index in [-0.39, 0.29) is 34.8 Å². The molecule has 130 valence electrons. The summed E-state index contributed by atoms with van der Waals surface area (Å²) in [4.78, 5) is 24.1. The number of methoxy groups -OCH3 is 1. The van der Waals surface area contributed by atoms with Crippen LogP contribution in [0.1, 0.15) is 60.3 Å². The van der Waals surface area contributed by atoms with E-state index in [1.807, 2.05) is 6.92 Å². The van der Waals surface area contributed by atoms with Crippen molar-refractivity contribution in [2.45, 2.75) is 77.6 Å². The number of hydrogen-bond donors (Lipinski definition) is 0. The molecule has 0 radical (unpaired) electrons. The van der Waals surface area contributed by atoms with Crippen LogP contribution in [0.25, 0.3) is 0 Å². The fraction of sp³-hybridized carbons (Fsp3) is 0.889. The Bertz CT molecular complexity index is 556. The zero-order valence-electron chi connectivity index (χ0n) is 15.0. The summed E-state index contributed by atoms with van der Waals surface area (Å²) in [5.74, 6) is -0.255. The average molecular weight is 324 g/mol. The van der Waals surface area contributed by atoms with Crippen LogP contribution in [0.2, 0.25) is 0 Å². The standard InChI is InChI=1S/C18H28O5/c1-11(19)22-13-8-9-16(4)12(15(13,2)3)7-10-17(5)18(16,23-17)14(20)21-6/h12-13H,7-10H2,1-6H3/t12-,13-,16-,17+,18-/m0/s1. The van der Waals surface area contributed by atoms with Gasteiger partial charge in [0.15, 0.2) is 5.60 Å². The van der Waals surface area contributed by atoms with Crippen molar-refractivity contribution in [2.24, 2.45) is 16.7 Å². The molecular weight excluding hydrogens is 296 g/mol. The van der Waals surface area contributed by atoms with Crippen LogP contribution in [0.3, 0.4) is 0 Å². The largest absolute Gasteiger partial charge is 0.467 e. The first-order chi connectivity index (χ1) is 10.5. The van der Waals surface area contributed by atoms with Gasteiger partial charge >= 0.3 is 11.9 Å². The van der Waals surface area contributed by atoms with Gasteiger partial charge in [-0.2, -0.15) is 0 Å². The van der Waals surface area contributed by atoms with Crippen molar-refractivity contribution in [2.75, 3.05) is 7.11 Å². The van der Waals surface area contributed by atoms with Gasteiger partial charge in [0.25, 0.3) is 0 Å². The molecule has 5 nitrogen and oxygen atoms in total. The summed E-state index contributed by atoms with van der Waals surface area (Å²) in [5.41, 5.74) is -1.77. The lowest BCUT2D eigenvalue weighted by Crippen LogP contribution is -2.62. The van der Waals surface area contributed by atoms with E-state index in [4.69, 9.17) is 14.2 Å².